The highest BCUT2D eigenvalue weighted by atomic mass is 16.5. The van der Waals surface area contributed by atoms with Gasteiger partial charge in [-0.2, -0.15) is 5.26 Å². The van der Waals surface area contributed by atoms with Crippen molar-refractivity contribution in [3.8, 4) is 6.07 Å². The molecule has 1 aliphatic rings. The van der Waals surface area contributed by atoms with Crippen LogP contribution in [0.25, 0.3) is 0 Å². The van der Waals surface area contributed by atoms with Crippen molar-refractivity contribution in [2.75, 3.05) is 33.0 Å². The number of nitrogens with zero attached hydrogens (tertiary/aromatic N) is 1. The maximum atomic E-state index is 8.34. The van der Waals surface area contributed by atoms with Crippen LogP contribution in [0.15, 0.2) is 0 Å². The molecule has 0 N–H and O–H groups in total. The summed E-state index contributed by atoms with van der Waals surface area (Å²) in [6, 6.07) is 2.10. The molecule has 0 aromatic heterocycles. The van der Waals surface area contributed by atoms with Crippen molar-refractivity contribution >= 4 is 0 Å². The van der Waals surface area contributed by atoms with Crippen molar-refractivity contribution < 1.29 is 14.2 Å². The quantitative estimate of drug-likeness (QED) is 0.563. The molecule has 1 rings (SSSR count). The lowest BCUT2D eigenvalue weighted by Gasteiger charge is -2.22. The third kappa shape index (κ3) is 8.46. The molecule has 1 atom stereocenters. The third-order valence-corrected chi connectivity index (χ3v) is 3.01. The van der Waals surface area contributed by atoms with Gasteiger partial charge in [0.05, 0.1) is 12.2 Å². The van der Waals surface area contributed by atoms with Gasteiger partial charge in [0.1, 0.15) is 0 Å². The molecule has 0 aromatic carbocycles. The zero-order valence-corrected chi connectivity index (χ0v) is 11.2. The molecule has 1 fully saturated rings. The third-order valence-electron chi connectivity index (χ3n) is 3.01. The highest BCUT2D eigenvalue weighted by Gasteiger charge is 2.12. The molecular weight excluding hydrogens is 230 g/mol. The highest BCUT2D eigenvalue weighted by molar-refractivity contribution is 4.67. The first-order chi connectivity index (χ1) is 8.93. The molecule has 104 valence electrons. The van der Waals surface area contributed by atoms with Crippen molar-refractivity contribution in [3.63, 3.8) is 0 Å². The van der Waals surface area contributed by atoms with Crippen molar-refractivity contribution in [2.45, 2.75) is 51.0 Å². The maximum Gasteiger partial charge on any atom is 0.0622 e. The fourth-order valence-electron chi connectivity index (χ4n) is 1.97. The Morgan fingerprint density at radius 1 is 1.06 bits per heavy atom. The summed E-state index contributed by atoms with van der Waals surface area (Å²) in [5.41, 5.74) is 0. The minimum absolute atomic E-state index is 0.418. The average Bonchev–Trinajstić information content (AvgIpc) is 2.42. The van der Waals surface area contributed by atoms with E-state index in [9.17, 15) is 0 Å². The van der Waals surface area contributed by atoms with E-state index in [1.807, 2.05) is 0 Å². The maximum absolute atomic E-state index is 8.34. The van der Waals surface area contributed by atoms with Crippen molar-refractivity contribution in [3.05, 3.63) is 0 Å². The van der Waals surface area contributed by atoms with Crippen molar-refractivity contribution in [1.29, 1.82) is 5.26 Å². The summed E-state index contributed by atoms with van der Waals surface area (Å²) in [7, 11) is 0. The Morgan fingerprint density at radius 3 is 2.56 bits per heavy atom. The molecule has 1 unspecified atom stereocenters. The van der Waals surface area contributed by atoms with Gasteiger partial charge in [0, 0.05) is 39.5 Å². The minimum atomic E-state index is 0.418. The molecule has 1 aliphatic heterocycles. The summed E-state index contributed by atoms with van der Waals surface area (Å²) in [5, 5.41) is 8.34. The molecule has 1 heterocycles. The molecule has 0 aromatic rings. The largest absolute Gasteiger partial charge is 0.381 e. The van der Waals surface area contributed by atoms with Gasteiger partial charge in [0.2, 0.25) is 0 Å². The van der Waals surface area contributed by atoms with Crippen LogP contribution in [0.3, 0.4) is 0 Å². The van der Waals surface area contributed by atoms with Crippen LogP contribution < -0.4 is 0 Å². The van der Waals surface area contributed by atoms with E-state index < -0.39 is 0 Å². The molecule has 0 saturated carbocycles. The summed E-state index contributed by atoms with van der Waals surface area (Å²) in [6.07, 6.45) is 7.46. The van der Waals surface area contributed by atoms with E-state index in [0.717, 1.165) is 45.7 Å². The number of hydrogen-bond donors (Lipinski definition) is 0. The van der Waals surface area contributed by atoms with E-state index in [2.05, 4.69) is 6.07 Å². The fourth-order valence-corrected chi connectivity index (χ4v) is 1.97. The topological polar surface area (TPSA) is 51.5 Å². The summed E-state index contributed by atoms with van der Waals surface area (Å²) in [6.45, 7) is 3.88. The second kappa shape index (κ2) is 11.5. The van der Waals surface area contributed by atoms with E-state index in [1.54, 1.807) is 0 Å². The van der Waals surface area contributed by atoms with Crippen LogP contribution in [0.2, 0.25) is 0 Å². The average molecular weight is 255 g/mol. The molecular formula is C14H25NO3. The molecule has 0 aliphatic carbocycles. The Bertz CT molecular complexity index is 222. The molecule has 18 heavy (non-hydrogen) atoms. The van der Waals surface area contributed by atoms with Gasteiger partial charge in [-0.25, -0.2) is 0 Å². The fraction of sp³-hybridized carbons (Fsp3) is 0.929. The van der Waals surface area contributed by atoms with Gasteiger partial charge in [-0.15, -0.1) is 0 Å². The van der Waals surface area contributed by atoms with Crippen LogP contribution in [0.1, 0.15) is 44.9 Å². The van der Waals surface area contributed by atoms with Gasteiger partial charge >= 0.3 is 0 Å². The van der Waals surface area contributed by atoms with Crippen LogP contribution in [0, 0.1) is 11.3 Å². The van der Waals surface area contributed by atoms with Crippen molar-refractivity contribution in [2.24, 2.45) is 0 Å². The summed E-state index contributed by atoms with van der Waals surface area (Å²) in [5.74, 6) is 0. The van der Waals surface area contributed by atoms with Gasteiger partial charge < -0.3 is 14.2 Å². The van der Waals surface area contributed by atoms with E-state index in [1.165, 1.54) is 19.3 Å². The number of nitriles is 1. The molecule has 1 saturated heterocycles. The predicted octanol–water partition coefficient (Wildman–Crippen LogP) is 2.67. The standard InChI is InChI=1S/C14H25NO3/c15-8-2-4-9-16-10-5-11-17-13-7-14-6-1-3-12-18-14/h14H,1-7,9-13H2. The normalized spacial score (nSPS) is 19.6. The first-order valence-corrected chi connectivity index (χ1v) is 7.07. The Labute approximate surface area is 110 Å². The Morgan fingerprint density at radius 2 is 1.83 bits per heavy atom. The van der Waals surface area contributed by atoms with E-state index in [-0.39, 0.29) is 0 Å². The number of ether oxygens (including phenoxy) is 3. The lowest BCUT2D eigenvalue weighted by Crippen LogP contribution is -2.20. The van der Waals surface area contributed by atoms with Crippen molar-refractivity contribution in [1.82, 2.24) is 0 Å². The number of hydrogen-bond acceptors (Lipinski definition) is 4. The molecule has 0 amide bonds. The van der Waals surface area contributed by atoms with Gasteiger partial charge in [-0.1, -0.05) is 0 Å². The smallest absolute Gasteiger partial charge is 0.0622 e. The zero-order chi connectivity index (χ0) is 12.9. The minimum Gasteiger partial charge on any atom is -0.381 e. The lowest BCUT2D eigenvalue weighted by atomic mass is 10.1. The van der Waals surface area contributed by atoms with Crippen LogP contribution in [-0.4, -0.2) is 39.1 Å². The Balaban J connectivity index is 1.74. The van der Waals surface area contributed by atoms with Crippen LogP contribution in [0.4, 0.5) is 0 Å². The molecule has 0 bridgehead atoms. The Kier molecular flexibility index (Phi) is 9.82. The monoisotopic (exact) mass is 255 g/mol. The van der Waals surface area contributed by atoms with Gasteiger partial charge in [-0.3, -0.25) is 0 Å². The first kappa shape index (κ1) is 15.4. The molecule has 4 nitrogen and oxygen atoms in total. The summed E-state index contributed by atoms with van der Waals surface area (Å²) in [4.78, 5) is 0. The second-order valence-corrected chi connectivity index (χ2v) is 4.62. The van der Waals surface area contributed by atoms with E-state index >= 15 is 0 Å². The molecule has 4 heteroatoms. The highest BCUT2D eigenvalue weighted by Crippen LogP contribution is 2.15. The van der Waals surface area contributed by atoms with Crippen LogP contribution in [-0.2, 0) is 14.2 Å². The SMILES string of the molecule is N#CCCCOCCCOCCC1CCCCO1. The second-order valence-electron chi connectivity index (χ2n) is 4.62. The summed E-state index contributed by atoms with van der Waals surface area (Å²) >= 11 is 0. The number of unbranched alkanes of at least 4 members (excludes halogenated alkanes) is 1. The van der Waals surface area contributed by atoms with E-state index in [4.69, 9.17) is 19.5 Å². The first-order valence-electron chi connectivity index (χ1n) is 7.07. The molecule has 0 radical (unpaired) electrons. The van der Waals surface area contributed by atoms with Gasteiger partial charge in [0.25, 0.3) is 0 Å². The molecule has 0 spiro atoms. The van der Waals surface area contributed by atoms with E-state index in [0.29, 0.717) is 19.1 Å². The van der Waals surface area contributed by atoms with Gasteiger partial charge in [-0.05, 0) is 38.5 Å². The summed E-state index contributed by atoms with van der Waals surface area (Å²) < 4.78 is 16.6. The number of rotatable bonds is 10. The van der Waals surface area contributed by atoms with Crippen LogP contribution >= 0.6 is 0 Å². The van der Waals surface area contributed by atoms with Gasteiger partial charge in [0.15, 0.2) is 0 Å². The zero-order valence-electron chi connectivity index (χ0n) is 11.2. The van der Waals surface area contributed by atoms with Crippen LogP contribution in [0.5, 0.6) is 0 Å². The predicted molar refractivity (Wildman–Crippen MR) is 69.3 cm³/mol. The lowest BCUT2D eigenvalue weighted by molar-refractivity contribution is -0.00952. The Hall–Kier alpha value is -0.630.